The van der Waals surface area contributed by atoms with E-state index in [1.165, 1.54) is 0 Å². The van der Waals surface area contributed by atoms with Crippen molar-refractivity contribution in [1.29, 1.82) is 0 Å². The van der Waals surface area contributed by atoms with Gasteiger partial charge in [0, 0.05) is 53.1 Å². The number of amides is 1. The molecule has 1 aliphatic heterocycles. The van der Waals surface area contributed by atoms with E-state index >= 15 is 0 Å². The number of anilines is 1. The van der Waals surface area contributed by atoms with Gasteiger partial charge in [0.05, 0.1) is 5.25 Å². The van der Waals surface area contributed by atoms with Crippen LogP contribution in [0.3, 0.4) is 0 Å². The van der Waals surface area contributed by atoms with Gasteiger partial charge in [-0.15, -0.1) is 0 Å². The zero-order valence-corrected chi connectivity index (χ0v) is 20.6. The molecule has 0 bridgehead atoms. The van der Waals surface area contributed by atoms with Crippen LogP contribution < -0.4 is 10.2 Å². The number of halogens is 1. The van der Waals surface area contributed by atoms with Crippen molar-refractivity contribution >= 4 is 39.1 Å². The average molecular weight is 488 g/mol. The van der Waals surface area contributed by atoms with E-state index < -0.39 is 15.1 Å². The zero-order valence-electron chi connectivity index (χ0n) is 19.1. The SMILES string of the molecule is Cc1cc(N2CCC(NC(=O)CC(C)S(=O)(=O)C3=Cc4ccc(Cl)cc4CC3)CC2)ccn1. The first-order valence-corrected chi connectivity index (χ1v) is 13.3. The van der Waals surface area contributed by atoms with E-state index in [2.05, 4.69) is 21.3 Å². The van der Waals surface area contributed by atoms with Crippen molar-refractivity contribution in [2.24, 2.45) is 0 Å². The van der Waals surface area contributed by atoms with Gasteiger partial charge in [0.1, 0.15) is 0 Å². The molecule has 2 aromatic rings. The first kappa shape index (κ1) is 23.8. The van der Waals surface area contributed by atoms with E-state index in [1.807, 2.05) is 31.3 Å². The maximum Gasteiger partial charge on any atom is 0.221 e. The summed E-state index contributed by atoms with van der Waals surface area (Å²) in [4.78, 5) is 19.6. The zero-order chi connectivity index (χ0) is 23.6. The first-order valence-electron chi connectivity index (χ1n) is 11.4. The van der Waals surface area contributed by atoms with Crippen LogP contribution in [0.15, 0.2) is 41.4 Å². The Labute approximate surface area is 201 Å². The molecule has 2 heterocycles. The van der Waals surface area contributed by atoms with Crippen molar-refractivity contribution in [1.82, 2.24) is 10.3 Å². The number of aryl methyl sites for hydroxylation is 2. The van der Waals surface area contributed by atoms with Gasteiger partial charge in [0.2, 0.25) is 5.91 Å². The van der Waals surface area contributed by atoms with Gasteiger partial charge < -0.3 is 10.2 Å². The van der Waals surface area contributed by atoms with Crippen LogP contribution in [-0.2, 0) is 21.1 Å². The number of nitrogens with zero attached hydrogens (tertiary/aromatic N) is 2. The lowest BCUT2D eigenvalue weighted by molar-refractivity contribution is -0.121. The van der Waals surface area contributed by atoms with Gasteiger partial charge in [0.15, 0.2) is 9.84 Å². The maximum absolute atomic E-state index is 13.1. The van der Waals surface area contributed by atoms with Crippen molar-refractivity contribution in [3.8, 4) is 0 Å². The average Bonchev–Trinajstić information content (AvgIpc) is 2.79. The Kier molecular flexibility index (Phi) is 7.10. The minimum atomic E-state index is -3.55. The molecule has 2 aliphatic rings. The van der Waals surface area contributed by atoms with Crippen LogP contribution in [0.4, 0.5) is 5.69 Å². The number of piperidine rings is 1. The lowest BCUT2D eigenvalue weighted by atomic mass is 9.97. The number of carbonyl (C=O) groups is 1. The van der Waals surface area contributed by atoms with Gasteiger partial charge in [-0.3, -0.25) is 9.78 Å². The predicted molar refractivity (Wildman–Crippen MR) is 133 cm³/mol. The van der Waals surface area contributed by atoms with Crippen molar-refractivity contribution in [3.05, 3.63) is 63.3 Å². The van der Waals surface area contributed by atoms with E-state index in [4.69, 9.17) is 11.6 Å². The number of allylic oxidation sites excluding steroid dienone is 1. The highest BCUT2D eigenvalue weighted by molar-refractivity contribution is 7.96. The van der Waals surface area contributed by atoms with Gasteiger partial charge in [-0.2, -0.15) is 0 Å². The molecule has 1 aliphatic carbocycles. The molecule has 0 spiro atoms. The van der Waals surface area contributed by atoms with E-state index in [0.717, 1.165) is 48.4 Å². The molecule has 1 amide bonds. The summed E-state index contributed by atoms with van der Waals surface area (Å²) in [6.45, 7) is 5.29. The third kappa shape index (κ3) is 5.58. The molecule has 33 heavy (non-hydrogen) atoms. The molecular formula is C25H30ClN3O3S. The molecule has 1 fully saturated rings. The number of hydrogen-bond donors (Lipinski definition) is 1. The molecule has 0 radical (unpaired) electrons. The molecule has 1 unspecified atom stereocenters. The second kappa shape index (κ2) is 9.85. The molecule has 4 rings (SSSR count). The fraction of sp³-hybridized carbons (Fsp3) is 0.440. The number of pyridine rings is 1. The molecular weight excluding hydrogens is 458 g/mol. The molecule has 1 N–H and O–H groups in total. The largest absolute Gasteiger partial charge is 0.371 e. The van der Waals surface area contributed by atoms with Gasteiger partial charge in [-0.25, -0.2) is 8.42 Å². The lowest BCUT2D eigenvalue weighted by Crippen LogP contribution is -2.45. The highest BCUT2D eigenvalue weighted by Crippen LogP contribution is 2.31. The fourth-order valence-corrected chi connectivity index (χ4v) is 6.34. The van der Waals surface area contributed by atoms with Crippen molar-refractivity contribution in [3.63, 3.8) is 0 Å². The first-order chi connectivity index (χ1) is 15.7. The topological polar surface area (TPSA) is 79.4 Å². The number of nitrogens with one attached hydrogen (secondary N) is 1. The Balaban J connectivity index is 1.32. The Morgan fingerprint density at radius 3 is 2.70 bits per heavy atom. The maximum atomic E-state index is 13.1. The third-order valence-electron chi connectivity index (χ3n) is 6.54. The molecule has 1 saturated heterocycles. The predicted octanol–water partition coefficient (Wildman–Crippen LogP) is 4.31. The van der Waals surface area contributed by atoms with Gasteiger partial charge >= 0.3 is 0 Å². The summed E-state index contributed by atoms with van der Waals surface area (Å²) >= 11 is 6.05. The number of hydrogen-bond acceptors (Lipinski definition) is 5. The number of sulfone groups is 1. The highest BCUT2D eigenvalue weighted by atomic mass is 35.5. The fourth-order valence-electron chi connectivity index (χ4n) is 4.58. The molecule has 1 aromatic heterocycles. The van der Waals surface area contributed by atoms with Crippen LogP contribution >= 0.6 is 11.6 Å². The Bertz CT molecular complexity index is 1170. The summed E-state index contributed by atoms with van der Waals surface area (Å²) in [6, 6.07) is 9.64. The summed E-state index contributed by atoms with van der Waals surface area (Å²) in [5, 5.41) is 2.94. The van der Waals surface area contributed by atoms with Crippen molar-refractivity contribution in [2.75, 3.05) is 18.0 Å². The summed E-state index contributed by atoms with van der Waals surface area (Å²) in [5.74, 6) is -0.201. The summed E-state index contributed by atoms with van der Waals surface area (Å²) < 4.78 is 26.3. The van der Waals surface area contributed by atoms with E-state index in [0.29, 0.717) is 22.8 Å². The summed E-state index contributed by atoms with van der Waals surface area (Å²) in [6.07, 6.45) is 6.25. The van der Waals surface area contributed by atoms with E-state index in [1.54, 1.807) is 19.1 Å². The Hall–Kier alpha value is -2.38. The monoisotopic (exact) mass is 487 g/mol. The molecule has 1 atom stereocenters. The van der Waals surface area contributed by atoms with Crippen LogP contribution in [0.2, 0.25) is 5.02 Å². The molecule has 176 valence electrons. The van der Waals surface area contributed by atoms with Crippen LogP contribution in [0, 0.1) is 6.92 Å². The number of carbonyl (C=O) groups excluding carboxylic acids is 1. The Morgan fingerprint density at radius 2 is 1.97 bits per heavy atom. The second-order valence-electron chi connectivity index (χ2n) is 9.00. The molecule has 1 aromatic carbocycles. The van der Waals surface area contributed by atoms with Crippen molar-refractivity contribution < 1.29 is 13.2 Å². The summed E-state index contributed by atoms with van der Waals surface area (Å²) in [7, 11) is -3.55. The second-order valence-corrected chi connectivity index (χ2v) is 11.9. The van der Waals surface area contributed by atoms with E-state index in [9.17, 15) is 13.2 Å². The number of fused-ring (bicyclic) bond motifs is 1. The van der Waals surface area contributed by atoms with Crippen LogP contribution in [0.25, 0.3) is 6.08 Å². The van der Waals surface area contributed by atoms with E-state index in [-0.39, 0.29) is 18.4 Å². The number of rotatable bonds is 6. The van der Waals surface area contributed by atoms with Gasteiger partial charge in [0.25, 0.3) is 0 Å². The third-order valence-corrected chi connectivity index (χ3v) is 9.05. The summed E-state index contributed by atoms with van der Waals surface area (Å²) in [5.41, 5.74) is 4.08. The molecule has 8 heteroatoms. The normalized spacial score (nSPS) is 17.8. The van der Waals surface area contributed by atoms with Crippen LogP contribution in [-0.4, -0.2) is 43.7 Å². The van der Waals surface area contributed by atoms with Crippen molar-refractivity contribution in [2.45, 2.75) is 57.2 Å². The standard InChI is InChI=1S/C25H30ClN3O3S/c1-17-13-23(7-10-27-17)29-11-8-22(9-12-29)28-25(30)14-18(2)33(31,32)24-6-4-19-15-21(26)5-3-20(19)16-24/h3,5,7,10,13,15-16,18,22H,4,6,8-9,11-12,14H2,1-2H3,(H,28,30). The smallest absolute Gasteiger partial charge is 0.221 e. The Morgan fingerprint density at radius 1 is 1.21 bits per heavy atom. The lowest BCUT2D eigenvalue weighted by Gasteiger charge is -2.34. The van der Waals surface area contributed by atoms with Gasteiger partial charge in [-0.1, -0.05) is 17.7 Å². The highest BCUT2D eigenvalue weighted by Gasteiger charge is 2.30. The number of aromatic nitrogens is 1. The minimum Gasteiger partial charge on any atom is -0.371 e. The van der Waals surface area contributed by atoms with Crippen LogP contribution in [0.5, 0.6) is 0 Å². The number of benzene rings is 1. The van der Waals surface area contributed by atoms with Crippen LogP contribution in [0.1, 0.15) is 49.4 Å². The quantitative estimate of drug-likeness (QED) is 0.656. The van der Waals surface area contributed by atoms with Gasteiger partial charge in [-0.05, 0) is 81.0 Å². The minimum absolute atomic E-state index is 0.0308. The molecule has 0 saturated carbocycles. The molecule has 6 nitrogen and oxygen atoms in total.